The van der Waals surface area contributed by atoms with Crippen LogP contribution in [0.5, 0.6) is 0 Å². The van der Waals surface area contributed by atoms with E-state index in [2.05, 4.69) is 48.6 Å². The minimum absolute atomic E-state index is 0.230. The van der Waals surface area contributed by atoms with Gasteiger partial charge in [-0.25, -0.2) is 0 Å². The molecule has 0 aromatic rings. The van der Waals surface area contributed by atoms with E-state index in [-0.39, 0.29) is 6.42 Å². The first-order valence-electron chi connectivity index (χ1n) is 6.30. The van der Waals surface area contributed by atoms with Gasteiger partial charge in [0.05, 0.1) is 0 Å². The first-order chi connectivity index (χ1) is 8.91. The number of rotatable bonds is 12. The second-order valence-corrected chi connectivity index (χ2v) is 5.70. The number of aliphatic carboxylic acids is 1. The Balaban J connectivity index is 3.84. The molecule has 0 bridgehead atoms. The Bertz CT molecular complexity index is 287. The lowest BCUT2D eigenvalue weighted by atomic mass is 10.2. The molecule has 4 nitrogen and oxygen atoms in total. The number of thiol groups is 2. The van der Waals surface area contributed by atoms with Crippen molar-refractivity contribution in [1.82, 2.24) is 10.2 Å². The van der Waals surface area contributed by atoms with Crippen LogP contribution in [0, 0.1) is 0 Å². The highest BCUT2D eigenvalue weighted by Gasteiger charge is 2.06. The molecule has 0 radical (unpaired) electrons. The van der Waals surface area contributed by atoms with E-state index in [1.54, 1.807) is 0 Å². The summed E-state index contributed by atoms with van der Waals surface area (Å²) in [6.07, 6.45) is 1.80. The molecular formula is C13H24N2O2S2. The molecule has 0 atom stereocenters. The highest BCUT2D eigenvalue weighted by molar-refractivity contribution is 7.84. The number of hydrogen-bond acceptors (Lipinski definition) is 5. The van der Waals surface area contributed by atoms with E-state index in [1.165, 1.54) is 0 Å². The maximum absolute atomic E-state index is 10.4. The first kappa shape index (κ1) is 18.6. The molecular weight excluding hydrogens is 280 g/mol. The topological polar surface area (TPSA) is 52.6 Å². The number of carboxylic acids is 1. The van der Waals surface area contributed by atoms with Gasteiger partial charge >= 0.3 is 5.97 Å². The summed E-state index contributed by atoms with van der Waals surface area (Å²) < 4.78 is 0. The Kier molecular flexibility index (Phi) is 11.1. The Hall–Kier alpha value is -0.430. The van der Waals surface area contributed by atoms with Crippen molar-refractivity contribution in [2.75, 3.05) is 32.7 Å². The van der Waals surface area contributed by atoms with Crippen LogP contribution < -0.4 is 5.32 Å². The van der Waals surface area contributed by atoms with Gasteiger partial charge in [0.1, 0.15) is 0 Å². The molecule has 0 rings (SSSR count). The maximum atomic E-state index is 10.4. The first-order valence-corrected chi connectivity index (χ1v) is 7.19. The Labute approximate surface area is 126 Å². The summed E-state index contributed by atoms with van der Waals surface area (Å²) in [5, 5.41) is 11.8. The number of hydrogen-bond donors (Lipinski definition) is 4. The molecule has 0 spiro atoms. The third-order valence-electron chi connectivity index (χ3n) is 2.45. The third-order valence-corrected chi connectivity index (χ3v) is 2.75. The van der Waals surface area contributed by atoms with Crippen LogP contribution in [0.25, 0.3) is 0 Å². The number of carboxylic acid groups (broad SMARTS) is 1. The number of carbonyl (C=O) groups is 1. The largest absolute Gasteiger partial charge is 0.481 e. The summed E-state index contributed by atoms with van der Waals surface area (Å²) >= 11 is 8.33. The molecule has 19 heavy (non-hydrogen) atoms. The number of nitrogens with one attached hydrogen (secondary N) is 1. The van der Waals surface area contributed by atoms with Crippen molar-refractivity contribution >= 4 is 31.2 Å². The second-order valence-electron chi connectivity index (χ2n) is 4.44. The van der Waals surface area contributed by atoms with Crippen LogP contribution in [0.2, 0.25) is 0 Å². The zero-order valence-corrected chi connectivity index (χ0v) is 13.1. The molecule has 0 aliphatic carbocycles. The van der Waals surface area contributed by atoms with E-state index in [0.717, 1.165) is 42.4 Å². The van der Waals surface area contributed by atoms with Gasteiger partial charge in [0.15, 0.2) is 0 Å². The van der Waals surface area contributed by atoms with E-state index in [9.17, 15) is 4.79 Å². The summed E-state index contributed by atoms with van der Waals surface area (Å²) in [7, 11) is 0. The zero-order valence-electron chi connectivity index (χ0n) is 11.3. The Morgan fingerprint density at radius 2 is 1.84 bits per heavy atom. The normalized spacial score (nSPS) is 10.7. The standard InChI is InChI=1S/C13H24N2O2S2/c1-11(18)9-14-6-8-15(10-12(2)19)7-4-3-5-13(16)17/h14,18-19H,1-10H2,(H,16,17). The molecule has 0 saturated carbocycles. The van der Waals surface area contributed by atoms with Crippen molar-refractivity contribution in [2.45, 2.75) is 19.3 Å². The van der Waals surface area contributed by atoms with E-state index in [4.69, 9.17) is 5.11 Å². The van der Waals surface area contributed by atoms with Crippen LogP contribution in [0.1, 0.15) is 19.3 Å². The van der Waals surface area contributed by atoms with Gasteiger partial charge in [-0.15, -0.1) is 25.3 Å². The van der Waals surface area contributed by atoms with Crippen molar-refractivity contribution in [1.29, 1.82) is 0 Å². The molecule has 0 aromatic heterocycles. The van der Waals surface area contributed by atoms with Crippen LogP contribution >= 0.6 is 25.3 Å². The molecule has 0 aliphatic rings. The molecule has 0 amide bonds. The molecule has 0 fully saturated rings. The minimum atomic E-state index is -0.737. The smallest absolute Gasteiger partial charge is 0.303 e. The Morgan fingerprint density at radius 1 is 1.16 bits per heavy atom. The highest BCUT2D eigenvalue weighted by Crippen LogP contribution is 2.04. The van der Waals surface area contributed by atoms with Gasteiger partial charge in [-0.2, -0.15) is 0 Å². The maximum Gasteiger partial charge on any atom is 0.303 e. The summed E-state index contributed by atoms with van der Waals surface area (Å²) in [4.78, 5) is 14.3. The van der Waals surface area contributed by atoms with Crippen LogP contribution in [-0.4, -0.2) is 48.7 Å². The predicted molar refractivity (Wildman–Crippen MR) is 87.0 cm³/mol. The number of nitrogens with zero attached hydrogens (tertiary/aromatic N) is 1. The van der Waals surface area contributed by atoms with Crippen molar-refractivity contribution in [2.24, 2.45) is 0 Å². The van der Waals surface area contributed by atoms with E-state index in [1.807, 2.05) is 0 Å². The predicted octanol–water partition coefficient (Wildman–Crippen LogP) is 2.02. The fraction of sp³-hybridized carbons (Fsp3) is 0.615. The minimum Gasteiger partial charge on any atom is -0.481 e. The zero-order chi connectivity index (χ0) is 14.7. The van der Waals surface area contributed by atoms with Gasteiger partial charge < -0.3 is 10.4 Å². The van der Waals surface area contributed by atoms with Crippen molar-refractivity contribution in [3.05, 3.63) is 23.0 Å². The van der Waals surface area contributed by atoms with E-state index >= 15 is 0 Å². The van der Waals surface area contributed by atoms with Crippen LogP contribution in [0.3, 0.4) is 0 Å². The van der Waals surface area contributed by atoms with Gasteiger partial charge in [-0.1, -0.05) is 13.2 Å². The summed E-state index contributed by atoms with van der Waals surface area (Å²) in [6, 6.07) is 0. The SMILES string of the molecule is C=C(S)CNCCN(CCCCC(=O)O)CC(=C)S. The second kappa shape index (κ2) is 11.4. The van der Waals surface area contributed by atoms with Crippen LogP contribution in [-0.2, 0) is 4.79 Å². The van der Waals surface area contributed by atoms with Gasteiger partial charge in [-0.05, 0) is 29.2 Å². The molecule has 0 heterocycles. The summed E-state index contributed by atoms with van der Waals surface area (Å²) in [5.41, 5.74) is 0. The monoisotopic (exact) mass is 304 g/mol. The molecule has 0 aromatic carbocycles. The molecule has 6 heteroatoms. The lowest BCUT2D eigenvalue weighted by Crippen LogP contribution is -2.34. The summed E-state index contributed by atoms with van der Waals surface area (Å²) in [6.45, 7) is 11.5. The van der Waals surface area contributed by atoms with Crippen LogP contribution in [0.15, 0.2) is 23.0 Å². The van der Waals surface area contributed by atoms with Gasteiger partial charge in [0.25, 0.3) is 0 Å². The van der Waals surface area contributed by atoms with Crippen molar-refractivity contribution < 1.29 is 9.90 Å². The van der Waals surface area contributed by atoms with E-state index in [0.29, 0.717) is 13.0 Å². The average molecular weight is 304 g/mol. The fourth-order valence-corrected chi connectivity index (χ4v) is 1.92. The third kappa shape index (κ3) is 13.8. The highest BCUT2D eigenvalue weighted by atomic mass is 32.1. The van der Waals surface area contributed by atoms with Gasteiger partial charge in [0.2, 0.25) is 0 Å². The number of unbranched alkanes of at least 4 members (excludes halogenated alkanes) is 1. The molecule has 0 saturated heterocycles. The quantitative estimate of drug-likeness (QED) is 0.329. The van der Waals surface area contributed by atoms with Gasteiger partial charge in [0, 0.05) is 32.6 Å². The van der Waals surface area contributed by atoms with Crippen molar-refractivity contribution in [3.8, 4) is 0 Å². The lowest BCUT2D eigenvalue weighted by molar-refractivity contribution is -0.137. The molecule has 110 valence electrons. The van der Waals surface area contributed by atoms with Gasteiger partial charge in [-0.3, -0.25) is 9.69 Å². The average Bonchev–Trinajstić information content (AvgIpc) is 2.28. The molecule has 0 aliphatic heterocycles. The molecule has 0 unspecified atom stereocenters. The van der Waals surface area contributed by atoms with Crippen LogP contribution in [0.4, 0.5) is 0 Å². The summed E-state index contributed by atoms with van der Waals surface area (Å²) in [5.74, 6) is -0.737. The lowest BCUT2D eigenvalue weighted by Gasteiger charge is -2.22. The Morgan fingerprint density at radius 3 is 2.37 bits per heavy atom. The molecule has 2 N–H and O–H groups in total. The fourth-order valence-electron chi connectivity index (χ4n) is 1.61. The van der Waals surface area contributed by atoms with E-state index < -0.39 is 5.97 Å². The van der Waals surface area contributed by atoms with Crippen molar-refractivity contribution in [3.63, 3.8) is 0 Å².